The SMILES string of the molecule is Cc1cc(C(=O)CN2CCCC(C(F)(F)F)C2)c(C)n1CC1COc2ccccc2O1. The maximum Gasteiger partial charge on any atom is 0.393 e. The Morgan fingerprint density at radius 1 is 1.19 bits per heavy atom. The first-order valence-corrected chi connectivity index (χ1v) is 10.6. The summed E-state index contributed by atoms with van der Waals surface area (Å²) in [5, 5.41) is 0. The maximum atomic E-state index is 13.1. The first-order chi connectivity index (χ1) is 14.7. The normalized spacial score (nSPS) is 21.8. The van der Waals surface area contributed by atoms with Crippen molar-refractivity contribution in [1.29, 1.82) is 0 Å². The summed E-state index contributed by atoms with van der Waals surface area (Å²) < 4.78 is 53.1. The molecule has 0 N–H and O–H groups in total. The van der Waals surface area contributed by atoms with Crippen molar-refractivity contribution >= 4 is 5.78 Å². The highest BCUT2D eigenvalue weighted by atomic mass is 19.4. The number of carbonyl (C=O) groups is 1. The van der Waals surface area contributed by atoms with Crippen LogP contribution in [0.3, 0.4) is 0 Å². The zero-order chi connectivity index (χ0) is 22.2. The number of fused-ring (bicyclic) bond motifs is 1. The molecule has 2 aliphatic heterocycles. The van der Waals surface area contributed by atoms with E-state index in [2.05, 4.69) is 0 Å². The van der Waals surface area contributed by atoms with Crippen LogP contribution in [0.2, 0.25) is 0 Å². The number of Topliss-reactive ketones (excluding diaryl/α,β-unsaturated/α-hetero) is 1. The molecule has 5 nitrogen and oxygen atoms in total. The van der Waals surface area contributed by atoms with Gasteiger partial charge in [0.1, 0.15) is 6.61 Å². The Bertz CT molecular complexity index is 954. The lowest BCUT2D eigenvalue weighted by Gasteiger charge is -2.33. The van der Waals surface area contributed by atoms with Crippen LogP contribution in [0.25, 0.3) is 0 Å². The Kier molecular flexibility index (Phi) is 6.01. The van der Waals surface area contributed by atoms with E-state index < -0.39 is 12.1 Å². The molecule has 0 radical (unpaired) electrons. The Hall–Kier alpha value is -2.48. The standard InChI is InChI=1S/C23H27F3N2O3/c1-15-10-19(20(29)13-27-9-5-6-17(11-27)23(24,25)26)16(2)28(15)12-18-14-30-21-7-3-4-8-22(21)31-18/h3-4,7-8,10,17-18H,5-6,9,11-14H2,1-2H3. The number of rotatable bonds is 5. The average Bonchev–Trinajstić information content (AvgIpc) is 3.01. The lowest BCUT2D eigenvalue weighted by molar-refractivity contribution is -0.186. The van der Waals surface area contributed by atoms with Crippen molar-refractivity contribution in [2.45, 2.75) is 45.5 Å². The molecule has 0 spiro atoms. The number of hydrogen-bond acceptors (Lipinski definition) is 4. The van der Waals surface area contributed by atoms with Gasteiger partial charge in [-0.15, -0.1) is 0 Å². The summed E-state index contributed by atoms with van der Waals surface area (Å²) in [4.78, 5) is 14.5. The smallest absolute Gasteiger partial charge is 0.393 e. The van der Waals surface area contributed by atoms with Gasteiger partial charge >= 0.3 is 6.18 Å². The number of carbonyl (C=O) groups excluding carboxylic acids is 1. The van der Waals surface area contributed by atoms with Gasteiger partial charge in [-0.1, -0.05) is 12.1 Å². The highest BCUT2D eigenvalue weighted by Gasteiger charge is 2.42. The number of piperidine rings is 1. The summed E-state index contributed by atoms with van der Waals surface area (Å²) in [7, 11) is 0. The van der Waals surface area contributed by atoms with Crippen LogP contribution in [0.4, 0.5) is 13.2 Å². The summed E-state index contributed by atoms with van der Waals surface area (Å²) in [5.41, 5.74) is 2.27. The number of aryl methyl sites for hydroxylation is 1. The molecule has 1 aromatic carbocycles. The van der Waals surface area contributed by atoms with E-state index in [0.29, 0.717) is 43.2 Å². The summed E-state index contributed by atoms with van der Waals surface area (Å²) in [6, 6.07) is 9.31. The van der Waals surface area contributed by atoms with Gasteiger partial charge in [-0.3, -0.25) is 9.69 Å². The minimum absolute atomic E-state index is 0.00723. The van der Waals surface area contributed by atoms with Crippen molar-refractivity contribution in [3.63, 3.8) is 0 Å². The number of benzene rings is 1. The van der Waals surface area contributed by atoms with E-state index in [1.54, 1.807) is 4.90 Å². The molecule has 0 aliphatic carbocycles. The second kappa shape index (κ2) is 8.57. The summed E-state index contributed by atoms with van der Waals surface area (Å²) in [5.74, 6) is -0.0859. The van der Waals surface area contributed by atoms with E-state index in [1.165, 1.54) is 0 Å². The molecular weight excluding hydrogens is 409 g/mol. The minimum atomic E-state index is -4.21. The highest BCUT2D eigenvalue weighted by molar-refractivity contribution is 5.99. The Labute approximate surface area is 179 Å². The zero-order valence-corrected chi connectivity index (χ0v) is 17.7. The van der Waals surface area contributed by atoms with Gasteiger partial charge < -0.3 is 14.0 Å². The van der Waals surface area contributed by atoms with Crippen LogP contribution in [0, 0.1) is 19.8 Å². The molecule has 168 valence electrons. The molecule has 4 rings (SSSR count). The van der Waals surface area contributed by atoms with Crippen molar-refractivity contribution in [2.75, 3.05) is 26.2 Å². The molecular formula is C23H27F3N2O3. The number of aromatic nitrogens is 1. The number of hydrogen-bond donors (Lipinski definition) is 0. The van der Waals surface area contributed by atoms with Crippen LogP contribution < -0.4 is 9.47 Å². The zero-order valence-electron chi connectivity index (χ0n) is 17.7. The van der Waals surface area contributed by atoms with Crippen LogP contribution in [0.5, 0.6) is 11.5 Å². The topological polar surface area (TPSA) is 43.7 Å². The molecule has 31 heavy (non-hydrogen) atoms. The van der Waals surface area contributed by atoms with Gasteiger partial charge in [-0.2, -0.15) is 13.2 Å². The molecule has 2 atom stereocenters. The molecule has 1 fully saturated rings. The molecule has 2 aromatic rings. The van der Waals surface area contributed by atoms with Gasteiger partial charge in [0.05, 0.1) is 19.0 Å². The molecule has 1 saturated heterocycles. The fourth-order valence-electron chi connectivity index (χ4n) is 4.48. The average molecular weight is 436 g/mol. The number of ether oxygens (including phenoxy) is 2. The highest BCUT2D eigenvalue weighted by Crippen LogP contribution is 2.34. The second-order valence-corrected chi connectivity index (χ2v) is 8.43. The van der Waals surface area contributed by atoms with Crippen LogP contribution in [0.15, 0.2) is 30.3 Å². The Morgan fingerprint density at radius 2 is 1.94 bits per heavy atom. The Balaban J connectivity index is 1.42. The van der Waals surface area contributed by atoms with Crippen LogP contribution in [-0.4, -0.2) is 53.8 Å². The van der Waals surface area contributed by atoms with Gasteiger partial charge in [0, 0.05) is 23.5 Å². The number of ketones is 1. The third-order valence-electron chi connectivity index (χ3n) is 6.16. The number of para-hydroxylation sites is 2. The first kappa shape index (κ1) is 21.7. The summed E-state index contributed by atoms with van der Waals surface area (Å²) in [6.07, 6.45) is -3.82. The molecule has 2 unspecified atom stereocenters. The third kappa shape index (κ3) is 4.74. The van der Waals surface area contributed by atoms with Crippen molar-refractivity contribution in [3.8, 4) is 11.5 Å². The van der Waals surface area contributed by atoms with Crippen molar-refractivity contribution < 1.29 is 27.4 Å². The molecule has 3 heterocycles. The molecule has 0 bridgehead atoms. The quantitative estimate of drug-likeness (QED) is 0.652. The molecule has 0 amide bonds. The third-order valence-corrected chi connectivity index (χ3v) is 6.16. The van der Waals surface area contributed by atoms with Gasteiger partial charge in [-0.05, 0) is 51.4 Å². The van der Waals surface area contributed by atoms with Crippen molar-refractivity contribution in [3.05, 3.63) is 47.3 Å². The molecule has 2 aliphatic rings. The van der Waals surface area contributed by atoms with E-state index >= 15 is 0 Å². The summed E-state index contributed by atoms with van der Waals surface area (Å²) in [6.45, 7) is 5.13. The summed E-state index contributed by atoms with van der Waals surface area (Å²) >= 11 is 0. The van der Waals surface area contributed by atoms with E-state index in [1.807, 2.05) is 48.7 Å². The van der Waals surface area contributed by atoms with Gasteiger partial charge in [0.25, 0.3) is 0 Å². The maximum absolute atomic E-state index is 13.1. The predicted molar refractivity (Wildman–Crippen MR) is 110 cm³/mol. The van der Waals surface area contributed by atoms with Crippen molar-refractivity contribution in [1.82, 2.24) is 9.47 Å². The largest absolute Gasteiger partial charge is 0.486 e. The van der Waals surface area contributed by atoms with E-state index in [-0.39, 0.29) is 31.4 Å². The lowest BCUT2D eigenvalue weighted by atomic mass is 9.97. The fraction of sp³-hybridized carbons (Fsp3) is 0.522. The van der Waals surface area contributed by atoms with E-state index in [0.717, 1.165) is 11.4 Å². The number of halogens is 3. The lowest BCUT2D eigenvalue weighted by Crippen LogP contribution is -2.43. The van der Waals surface area contributed by atoms with Gasteiger partial charge in [-0.25, -0.2) is 0 Å². The number of likely N-dealkylation sites (tertiary alicyclic amines) is 1. The molecule has 0 saturated carbocycles. The monoisotopic (exact) mass is 436 g/mol. The molecule has 8 heteroatoms. The number of alkyl halides is 3. The number of nitrogens with zero attached hydrogens (tertiary/aromatic N) is 2. The Morgan fingerprint density at radius 3 is 2.68 bits per heavy atom. The second-order valence-electron chi connectivity index (χ2n) is 8.43. The van der Waals surface area contributed by atoms with Crippen molar-refractivity contribution in [2.24, 2.45) is 5.92 Å². The van der Waals surface area contributed by atoms with Gasteiger partial charge in [0.15, 0.2) is 23.4 Å². The van der Waals surface area contributed by atoms with Crippen LogP contribution in [-0.2, 0) is 6.54 Å². The van der Waals surface area contributed by atoms with E-state index in [9.17, 15) is 18.0 Å². The fourth-order valence-corrected chi connectivity index (χ4v) is 4.48. The first-order valence-electron chi connectivity index (χ1n) is 10.6. The molecule has 1 aromatic heterocycles. The minimum Gasteiger partial charge on any atom is -0.486 e. The van der Waals surface area contributed by atoms with E-state index in [4.69, 9.17) is 9.47 Å². The van der Waals surface area contributed by atoms with Crippen LogP contribution >= 0.6 is 0 Å². The predicted octanol–water partition coefficient (Wildman–Crippen LogP) is 4.40. The van der Waals surface area contributed by atoms with Crippen LogP contribution in [0.1, 0.15) is 34.6 Å². The van der Waals surface area contributed by atoms with Gasteiger partial charge in [0.2, 0.25) is 0 Å².